The highest BCUT2D eigenvalue weighted by atomic mass is 16.1. The third-order valence-corrected chi connectivity index (χ3v) is 6.87. The number of hydrogen-bond donors (Lipinski definition) is 3. The molecule has 3 aromatic rings. The number of nitrogens with zero attached hydrogens (tertiary/aromatic N) is 6. The average molecular weight is 520 g/mol. The Bertz CT molecular complexity index is 1260. The summed E-state index contributed by atoms with van der Waals surface area (Å²) in [5.41, 5.74) is 3.00. The fraction of sp³-hybridized carbons (Fsp3) is 0.500. The summed E-state index contributed by atoms with van der Waals surface area (Å²) in [6.07, 6.45) is 9.69. The molecule has 0 bridgehead atoms. The molecule has 4 rings (SSSR count). The topological polar surface area (TPSA) is 103 Å². The highest BCUT2D eigenvalue weighted by molar-refractivity contribution is 5.99. The van der Waals surface area contributed by atoms with E-state index in [9.17, 15) is 4.79 Å². The van der Waals surface area contributed by atoms with Crippen LogP contribution < -0.4 is 16.0 Å². The van der Waals surface area contributed by atoms with Crippen molar-refractivity contribution in [2.45, 2.75) is 57.7 Å². The van der Waals surface area contributed by atoms with E-state index in [-0.39, 0.29) is 11.9 Å². The van der Waals surface area contributed by atoms with Crippen molar-refractivity contribution in [2.75, 3.05) is 50.7 Å². The smallest absolute Gasteiger partial charge is 0.248 e. The van der Waals surface area contributed by atoms with Crippen molar-refractivity contribution >= 4 is 40.2 Å². The Labute approximate surface area is 225 Å². The first kappa shape index (κ1) is 27.5. The van der Waals surface area contributed by atoms with Crippen LogP contribution in [-0.4, -0.2) is 82.0 Å². The minimum Gasteiger partial charge on any atom is -0.351 e. The lowest BCUT2D eigenvalue weighted by Crippen LogP contribution is -2.36. The van der Waals surface area contributed by atoms with E-state index in [1.807, 2.05) is 55.7 Å². The lowest BCUT2D eigenvalue weighted by atomic mass is 9.91. The van der Waals surface area contributed by atoms with Crippen LogP contribution in [0, 0.1) is 0 Å². The number of imidazole rings is 1. The molecule has 204 valence electrons. The number of hydrogen-bond acceptors (Lipinski definition) is 8. The summed E-state index contributed by atoms with van der Waals surface area (Å²) in [5, 5.41) is 9.93. The van der Waals surface area contributed by atoms with Gasteiger partial charge in [0.05, 0.1) is 6.33 Å². The van der Waals surface area contributed by atoms with Crippen molar-refractivity contribution in [1.82, 2.24) is 29.3 Å². The number of carbonyl (C=O) groups is 1. The van der Waals surface area contributed by atoms with Gasteiger partial charge in [-0.15, -0.1) is 0 Å². The number of anilines is 4. The molecule has 1 saturated carbocycles. The molecule has 0 aliphatic heterocycles. The Balaban J connectivity index is 1.55. The van der Waals surface area contributed by atoms with Gasteiger partial charge >= 0.3 is 0 Å². The molecule has 0 saturated heterocycles. The minimum atomic E-state index is -0.167. The second-order valence-corrected chi connectivity index (χ2v) is 10.8. The SMILES string of the molecule is CC(C)n1cnc2c(Nc3cccc(NC(=O)/C=C/CN(C)C)c3)nc(NC3CCC(N(C)C)CC3)nc21. The Morgan fingerprint density at radius 3 is 2.53 bits per heavy atom. The molecule has 0 unspecified atom stereocenters. The van der Waals surface area contributed by atoms with Crippen LogP contribution in [0.2, 0.25) is 0 Å². The van der Waals surface area contributed by atoms with Crippen molar-refractivity contribution < 1.29 is 4.79 Å². The molecule has 3 N–H and O–H groups in total. The first-order valence-electron chi connectivity index (χ1n) is 13.4. The van der Waals surface area contributed by atoms with Crippen LogP contribution in [0.25, 0.3) is 11.2 Å². The van der Waals surface area contributed by atoms with Crippen LogP contribution in [0.15, 0.2) is 42.7 Å². The fourth-order valence-electron chi connectivity index (χ4n) is 4.73. The van der Waals surface area contributed by atoms with Gasteiger partial charge in [-0.2, -0.15) is 9.97 Å². The Hall–Kier alpha value is -3.50. The number of rotatable bonds is 10. The van der Waals surface area contributed by atoms with E-state index in [0.717, 1.165) is 37.0 Å². The van der Waals surface area contributed by atoms with Crippen LogP contribution in [0.5, 0.6) is 0 Å². The summed E-state index contributed by atoms with van der Waals surface area (Å²) in [6.45, 7) is 4.94. The van der Waals surface area contributed by atoms with E-state index in [1.54, 1.807) is 6.08 Å². The summed E-state index contributed by atoms with van der Waals surface area (Å²) < 4.78 is 2.06. The second kappa shape index (κ2) is 12.4. The van der Waals surface area contributed by atoms with Crippen LogP contribution in [-0.2, 0) is 4.79 Å². The third-order valence-electron chi connectivity index (χ3n) is 6.87. The van der Waals surface area contributed by atoms with E-state index in [4.69, 9.17) is 9.97 Å². The standard InChI is InChI=1S/C28H41N9O/c1-19(2)37-18-29-25-26(31-22-10-7-9-21(17-22)30-24(38)11-8-16-35(3)4)33-28(34-27(25)37)32-20-12-14-23(15-13-20)36(5)6/h7-11,17-20,23H,12-16H2,1-6H3,(H,30,38)(H2,31,32,33,34)/b11-8+. The van der Waals surface area contributed by atoms with E-state index in [1.165, 1.54) is 0 Å². The quantitative estimate of drug-likeness (QED) is 0.337. The van der Waals surface area contributed by atoms with Crippen LogP contribution >= 0.6 is 0 Å². The molecular weight excluding hydrogens is 478 g/mol. The summed E-state index contributed by atoms with van der Waals surface area (Å²) in [6, 6.07) is 8.78. The molecular formula is C28H41N9O. The van der Waals surface area contributed by atoms with Gasteiger partial charge in [-0.3, -0.25) is 4.79 Å². The van der Waals surface area contributed by atoms with E-state index in [2.05, 4.69) is 58.3 Å². The monoisotopic (exact) mass is 519 g/mol. The van der Waals surface area contributed by atoms with E-state index < -0.39 is 0 Å². The maximum Gasteiger partial charge on any atom is 0.248 e. The zero-order valence-corrected chi connectivity index (χ0v) is 23.4. The molecule has 0 spiro atoms. The number of likely N-dealkylation sites (N-methyl/N-ethyl adjacent to an activating group) is 1. The molecule has 10 heteroatoms. The highest BCUT2D eigenvalue weighted by Gasteiger charge is 2.24. The fourth-order valence-corrected chi connectivity index (χ4v) is 4.73. The molecule has 0 atom stereocenters. The highest BCUT2D eigenvalue weighted by Crippen LogP contribution is 2.29. The van der Waals surface area contributed by atoms with Gasteiger partial charge in [0, 0.05) is 42.1 Å². The normalized spacial score (nSPS) is 18.1. The molecule has 1 aliphatic rings. The summed E-state index contributed by atoms with van der Waals surface area (Å²) in [7, 11) is 8.23. The van der Waals surface area contributed by atoms with Gasteiger partial charge in [0.15, 0.2) is 17.0 Å². The molecule has 1 fully saturated rings. The van der Waals surface area contributed by atoms with Crippen molar-refractivity contribution in [3.05, 3.63) is 42.7 Å². The van der Waals surface area contributed by atoms with Gasteiger partial charge in [0.2, 0.25) is 11.9 Å². The third kappa shape index (κ3) is 7.08. The van der Waals surface area contributed by atoms with Crippen LogP contribution in [0.3, 0.4) is 0 Å². The molecule has 1 amide bonds. The van der Waals surface area contributed by atoms with Crippen LogP contribution in [0.4, 0.5) is 23.1 Å². The van der Waals surface area contributed by atoms with Gasteiger partial charge in [-0.05, 0) is 85.9 Å². The molecule has 10 nitrogen and oxygen atoms in total. The van der Waals surface area contributed by atoms with Crippen molar-refractivity contribution in [3.8, 4) is 0 Å². The lowest BCUT2D eigenvalue weighted by Gasteiger charge is -2.33. The minimum absolute atomic E-state index is 0.167. The Morgan fingerprint density at radius 1 is 1.11 bits per heavy atom. The maximum atomic E-state index is 12.3. The zero-order chi connectivity index (χ0) is 27.2. The number of benzene rings is 1. The Kier molecular flexibility index (Phi) is 8.96. The summed E-state index contributed by atoms with van der Waals surface area (Å²) in [5.74, 6) is 1.07. The van der Waals surface area contributed by atoms with E-state index in [0.29, 0.717) is 41.6 Å². The first-order chi connectivity index (χ1) is 18.2. The van der Waals surface area contributed by atoms with Gasteiger partial charge in [-0.25, -0.2) is 4.98 Å². The number of amides is 1. The molecule has 0 radical (unpaired) electrons. The molecule has 1 aromatic carbocycles. The number of fused-ring (bicyclic) bond motifs is 1. The van der Waals surface area contributed by atoms with Gasteiger partial charge in [0.25, 0.3) is 0 Å². The predicted octanol–water partition coefficient (Wildman–Crippen LogP) is 4.49. The van der Waals surface area contributed by atoms with Gasteiger partial charge < -0.3 is 30.3 Å². The second-order valence-electron chi connectivity index (χ2n) is 10.8. The lowest BCUT2D eigenvalue weighted by molar-refractivity contribution is -0.111. The van der Waals surface area contributed by atoms with Crippen molar-refractivity contribution in [1.29, 1.82) is 0 Å². The van der Waals surface area contributed by atoms with Crippen molar-refractivity contribution in [3.63, 3.8) is 0 Å². The number of nitrogens with one attached hydrogen (secondary N) is 3. The maximum absolute atomic E-state index is 12.3. The summed E-state index contributed by atoms with van der Waals surface area (Å²) in [4.78, 5) is 31.0. The Morgan fingerprint density at radius 2 is 1.84 bits per heavy atom. The largest absolute Gasteiger partial charge is 0.351 e. The van der Waals surface area contributed by atoms with Crippen LogP contribution in [0.1, 0.15) is 45.6 Å². The molecule has 2 aromatic heterocycles. The molecule has 2 heterocycles. The predicted molar refractivity (Wildman–Crippen MR) is 155 cm³/mol. The number of carbonyl (C=O) groups excluding carboxylic acids is 1. The molecule has 38 heavy (non-hydrogen) atoms. The van der Waals surface area contributed by atoms with Gasteiger partial charge in [-0.1, -0.05) is 12.1 Å². The van der Waals surface area contributed by atoms with E-state index >= 15 is 0 Å². The average Bonchev–Trinajstić information content (AvgIpc) is 3.29. The molecule has 1 aliphatic carbocycles. The zero-order valence-electron chi connectivity index (χ0n) is 23.4. The van der Waals surface area contributed by atoms with Crippen molar-refractivity contribution in [2.24, 2.45) is 0 Å². The van der Waals surface area contributed by atoms with Gasteiger partial charge in [0.1, 0.15) is 0 Å². The first-order valence-corrected chi connectivity index (χ1v) is 13.4. The number of aromatic nitrogens is 4. The summed E-state index contributed by atoms with van der Waals surface area (Å²) >= 11 is 0.